The van der Waals surface area contributed by atoms with E-state index in [-0.39, 0.29) is 10.8 Å². The van der Waals surface area contributed by atoms with Gasteiger partial charge in [-0.1, -0.05) is 18.2 Å². The molecule has 3 N–H and O–H groups in total. The molecule has 9 heteroatoms. The molecule has 0 saturated carbocycles. The normalized spacial score (nSPS) is 9.90. The Labute approximate surface area is 119 Å². The van der Waals surface area contributed by atoms with Crippen LogP contribution < -0.4 is 16.2 Å². The number of aromatic nitrogens is 4. The van der Waals surface area contributed by atoms with Gasteiger partial charge < -0.3 is 5.32 Å². The minimum Gasteiger partial charge on any atom is -0.321 e. The van der Waals surface area contributed by atoms with Crippen molar-refractivity contribution >= 4 is 35.0 Å². The third-order valence-corrected chi connectivity index (χ3v) is 2.47. The van der Waals surface area contributed by atoms with Gasteiger partial charge in [0.2, 0.25) is 5.95 Å². The molecule has 0 spiro atoms. The minimum atomic E-state index is -0.401. The first kappa shape index (κ1) is 13.8. The molecule has 0 radical (unpaired) electrons. The molecule has 2 aromatic rings. The highest BCUT2D eigenvalue weighted by Gasteiger charge is 2.07. The number of carbonyl (C=O) groups is 1. The summed E-state index contributed by atoms with van der Waals surface area (Å²) in [4.78, 5) is 19.2. The Morgan fingerprint density at radius 3 is 2.95 bits per heavy atom. The Hall–Kier alpha value is -2.61. The first-order chi connectivity index (χ1) is 9.58. The maximum absolute atomic E-state index is 11.1. The number of rotatable bonds is 5. The SMILES string of the molecule is C=CC(=O)NNc1nc(Nc2cnn(C)c2)ncc1Cl. The second-order valence-corrected chi connectivity index (χ2v) is 4.14. The summed E-state index contributed by atoms with van der Waals surface area (Å²) in [5.41, 5.74) is 5.67. The van der Waals surface area contributed by atoms with Gasteiger partial charge in [-0.2, -0.15) is 10.1 Å². The first-order valence-electron chi connectivity index (χ1n) is 5.55. The average Bonchev–Trinajstić information content (AvgIpc) is 2.84. The van der Waals surface area contributed by atoms with E-state index in [2.05, 4.69) is 37.8 Å². The fraction of sp³-hybridized carbons (Fsp3) is 0.0909. The standard InChI is InChI=1S/C11H12ClN7O/c1-3-9(20)17-18-10-8(12)5-13-11(16-10)15-7-4-14-19(2)6-7/h3-6H,1H2,2H3,(H,17,20)(H2,13,15,16,18). The summed E-state index contributed by atoms with van der Waals surface area (Å²) < 4.78 is 1.64. The lowest BCUT2D eigenvalue weighted by molar-refractivity contribution is -0.116. The van der Waals surface area contributed by atoms with Crippen LogP contribution in [0.15, 0.2) is 31.2 Å². The van der Waals surface area contributed by atoms with Crippen molar-refractivity contribution in [2.24, 2.45) is 7.05 Å². The highest BCUT2D eigenvalue weighted by atomic mass is 35.5. The zero-order valence-electron chi connectivity index (χ0n) is 10.6. The van der Waals surface area contributed by atoms with E-state index in [4.69, 9.17) is 11.6 Å². The van der Waals surface area contributed by atoms with Gasteiger partial charge in [0.15, 0.2) is 5.82 Å². The highest BCUT2D eigenvalue weighted by molar-refractivity contribution is 6.32. The number of carbonyl (C=O) groups excluding carboxylic acids is 1. The highest BCUT2D eigenvalue weighted by Crippen LogP contribution is 2.20. The Balaban J connectivity index is 2.11. The largest absolute Gasteiger partial charge is 0.321 e. The number of amides is 1. The van der Waals surface area contributed by atoms with Crippen molar-refractivity contribution in [3.05, 3.63) is 36.3 Å². The lowest BCUT2D eigenvalue weighted by Gasteiger charge is -2.09. The van der Waals surface area contributed by atoms with Crippen LogP contribution in [0.25, 0.3) is 0 Å². The minimum absolute atomic E-state index is 0.267. The predicted molar refractivity (Wildman–Crippen MR) is 75.5 cm³/mol. The number of nitrogens with one attached hydrogen (secondary N) is 3. The molecule has 0 aliphatic rings. The third kappa shape index (κ3) is 3.45. The first-order valence-corrected chi connectivity index (χ1v) is 5.93. The molecule has 0 unspecified atom stereocenters. The van der Waals surface area contributed by atoms with Gasteiger partial charge in [0.1, 0.15) is 5.02 Å². The predicted octanol–water partition coefficient (Wildman–Crippen LogP) is 1.24. The monoisotopic (exact) mass is 293 g/mol. The van der Waals surface area contributed by atoms with Crippen LogP contribution in [0.1, 0.15) is 0 Å². The Kier molecular flexibility index (Phi) is 4.16. The van der Waals surface area contributed by atoms with Crippen molar-refractivity contribution in [1.82, 2.24) is 25.2 Å². The second-order valence-electron chi connectivity index (χ2n) is 3.74. The Morgan fingerprint density at radius 1 is 1.50 bits per heavy atom. The van der Waals surface area contributed by atoms with Crippen molar-refractivity contribution in [3.8, 4) is 0 Å². The lowest BCUT2D eigenvalue weighted by Crippen LogP contribution is -2.28. The number of hydrazine groups is 1. The van der Waals surface area contributed by atoms with E-state index in [1.165, 1.54) is 6.20 Å². The molecular weight excluding hydrogens is 282 g/mol. The summed E-state index contributed by atoms with van der Waals surface area (Å²) in [6.07, 6.45) is 5.93. The van der Waals surface area contributed by atoms with E-state index in [0.717, 1.165) is 11.8 Å². The molecule has 1 amide bonds. The molecule has 2 rings (SSSR count). The molecule has 2 aromatic heterocycles. The van der Waals surface area contributed by atoms with Crippen molar-refractivity contribution < 1.29 is 4.79 Å². The molecule has 0 aliphatic carbocycles. The van der Waals surface area contributed by atoms with E-state index in [1.807, 2.05) is 0 Å². The van der Waals surface area contributed by atoms with Crippen molar-refractivity contribution in [3.63, 3.8) is 0 Å². The van der Waals surface area contributed by atoms with E-state index in [9.17, 15) is 4.79 Å². The maximum atomic E-state index is 11.1. The summed E-state index contributed by atoms with van der Waals surface area (Å²) >= 11 is 5.92. The summed E-state index contributed by atoms with van der Waals surface area (Å²) in [6.45, 7) is 3.33. The molecule has 0 saturated heterocycles. The van der Waals surface area contributed by atoms with Crippen LogP contribution in [-0.2, 0) is 11.8 Å². The zero-order chi connectivity index (χ0) is 14.5. The van der Waals surface area contributed by atoms with Crippen LogP contribution in [0, 0.1) is 0 Å². The summed E-state index contributed by atoms with van der Waals surface area (Å²) in [6, 6.07) is 0. The fourth-order valence-corrected chi connectivity index (χ4v) is 1.44. The van der Waals surface area contributed by atoms with Crippen LogP contribution in [-0.4, -0.2) is 25.7 Å². The van der Waals surface area contributed by atoms with Gasteiger partial charge in [0, 0.05) is 13.2 Å². The van der Waals surface area contributed by atoms with Crippen molar-refractivity contribution in [2.75, 3.05) is 10.7 Å². The van der Waals surface area contributed by atoms with Crippen LogP contribution in [0.5, 0.6) is 0 Å². The number of hydrogen-bond acceptors (Lipinski definition) is 6. The molecule has 104 valence electrons. The molecular formula is C11H12ClN7O. The molecule has 0 bridgehead atoms. The molecule has 0 atom stereocenters. The zero-order valence-corrected chi connectivity index (χ0v) is 11.3. The van der Waals surface area contributed by atoms with Crippen molar-refractivity contribution in [1.29, 1.82) is 0 Å². The number of hydrogen-bond donors (Lipinski definition) is 3. The lowest BCUT2D eigenvalue weighted by atomic mass is 10.5. The summed E-state index contributed by atoms with van der Waals surface area (Å²) in [5.74, 6) is 0.183. The Bertz CT molecular complexity index is 639. The van der Waals surface area contributed by atoms with E-state index >= 15 is 0 Å². The Morgan fingerprint density at radius 2 is 2.30 bits per heavy atom. The summed E-state index contributed by atoms with van der Waals surface area (Å²) in [5, 5.41) is 7.24. The van der Waals surface area contributed by atoms with E-state index in [1.54, 1.807) is 24.1 Å². The van der Waals surface area contributed by atoms with Gasteiger partial charge in [-0.25, -0.2) is 4.98 Å². The maximum Gasteiger partial charge on any atom is 0.261 e. The topological polar surface area (TPSA) is 96.8 Å². The summed E-state index contributed by atoms with van der Waals surface area (Å²) in [7, 11) is 1.80. The van der Waals surface area contributed by atoms with Crippen LogP contribution in [0.2, 0.25) is 5.02 Å². The number of anilines is 3. The van der Waals surface area contributed by atoms with E-state index < -0.39 is 5.91 Å². The molecule has 0 fully saturated rings. The van der Waals surface area contributed by atoms with Gasteiger partial charge in [0.25, 0.3) is 5.91 Å². The number of halogens is 1. The smallest absolute Gasteiger partial charge is 0.261 e. The van der Waals surface area contributed by atoms with Gasteiger partial charge in [-0.15, -0.1) is 0 Å². The van der Waals surface area contributed by atoms with Crippen LogP contribution in [0.4, 0.5) is 17.5 Å². The second kappa shape index (κ2) is 6.02. The van der Waals surface area contributed by atoms with Gasteiger partial charge in [-0.05, 0) is 6.08 Å². The molecule has 8 nitrogen and oxygen atoms in total. The van der Waals surface area contributed by atoms with E-state index in [0.29, 0.717) is 5.95 Å². The molecule has 20 heavy (non-hydrogen) atoms. The van der Waals surface area contributed by atoms with Crippen LogP contribution >= 0.6 is 11.6 Å². The average molecular weight is 294 g/mol. The van der Waals surface area contributed by atoms with Gasteiger partial charge in [-0.3, -0.25) is 20.3 Å². The molecule has 0 aromatic carbocycles. The van der Waals surface area contributed by atoms with Gasteiger partial charge in [0.05, 0.1) is 18.1 Å². The van der Waals surface area contributed by atoms with Crippen molar-refractivity contribution in [2.45, 2.75) is 0 Å². The van der Waals surface area contributed by atoms with Crippen LogP contribution in [0.3, 0.4) is 0 Å². The molecule has 2 heterocycles. The quantitative estimate of drug-likeness (QED) is 0.567. The fourth-order valence-electron chi connectivity index (χ4n) is 1.30. The number of aryl methyl sites for hydroxylation is 1. The number of nitrogens with zero attached hydrogens (tertiary/aromatic N) is 4. The van der Waals surface area contributed by atoms with Gasteiger partial charge >= 0.3 is 0 Å². The third-order valence-electron chi connectivity index (χ3n) is 2.19. The molecule has 0 aliphatic heterocycles.